The van der Waals surface area contributed by atoms with Crippen molar-refractivity contribution in [1.29, 1.82) is 0 Å². The van der Waals surface area contributed by atoms with Crippen LogP contribution in [0.15, 0.2) is 84.9 Å². The summed E-state index contributed by atoms with van der Waals surface area (Å²) in [6, 6.07) is 33.1. The standard InChI is InChI=1S/C56H76Cl2S/c1-5-9-11-13-17-43-19-27-45(28-20-43)49-35-37-51(53(57)39-49)55(47-31-23-41(15-7-3)24-32-47)59-56(48-33-25-42(16-8-4)26-34-48)52-38-36-50(40-54(52)58)46-29-21-44(22-30-46)18-14-12-10-6-2/h23-26,31-40,43-46,55-56H,5-22,27-30H2,1-4H3/t43-,44-,45-,46-,55?,56?. The van der Waals surface area contributed by atoms with Gasteiger partial charge < -0.3 is 0 Å². The van der Waals surface area contributed by atoms with Crippen LogP contribution in [0, 0.1) is 11.8 Å². The fraction of sp³-hybridized carbons (Fsp3) is 0.571. The summed E-state index contributed by atoms with van der Waals surface area (Å²) >= 11 is 17.0. The lowest BCUT2D eigenvalue weighted by Gasteiger charge is -2.31. The zero-order valence-electron chi connectivity index (χ0n) is 37.3. The van der Waals surface area contributed by atoms with Gasteiger partial charge in [0.15, 0.2) is 0 Å². The van der Waals surface area contributed by atoms with Crippen LogP contribution in [0.5, 0.6) is 0 Å². The summed E-state index contributed by atoms with van der Waals surface area (Å²) in [4.78, 5) is 0. The zero-order valence-corrected chi connectivity index (χ0v) is 39.6. The lowest BCUT2D eigenvalue weighted by molar-refractivity contribution is 0.302. The number of unbranched alkanes of at least 4 members (excludes halogenated alkanes) is 6. The summed E-state index contributed by atoms with van der Waals surface area (Å²) in [5, 5.41) is 1.90. The van der Waals surface area contributed by atoms with E-state index in [1.165, 1.54) is 160 Å². The third kappa shape index (κ3) is 13.4. The van der Waals surface area contributed by atoms with E-state index in [0.717, 1.165) is 47.6 Å². The van der Waals surface area contributed by atoms with Gasteiger partial charge in [-0.3, -0.25) is 0 Å². The van der Waals surface area contributed by atoms with E-state index in [9.17, 15) is 0 Å². The number of rotatable bonds is 22. The normalized spacial score (nSPS) is 20.7. The van der Waals surface area contributed by atoms with E-state index >= 15 is 0 Å². The third-order valence-corrected chi connectivity index (χ3v) is 16.3. The third-order valence-electron chi connectivity index (χ3n) is 14.1. The maximum Gasteiger partial charge on any atom is 0.0570 e. The summed E-state index contributed by atoms with van der Waals surface area (Å²) in [7, 11) is 0. The molecule has 0 bridgehead atoms. The molecule has 0 amide bonds. The van der Waals surface area contributed by atoms with E-state index in [2.05, 4.69) is 113 Å². The smallest absolute Gasteiger partial charge is 0.0570 e. The number of halogens is 2. The molecule has 2 saturated carbocycles. The molecule has 2 unspecified atom stereocenters. The molecule has 4 aromatic carbocycles. The first kappa shape index (κ1) is 46.3. The summed E-state index contributed by atoms with van der Waals surface area (Å²) in [6.07, 6.45) is 28.9. The van der Waals surface area contributed by atoms with Crippen LogP contribution in [-0.2, 0) is 12.8 Å². The van der Waals surface area contributed by atoms with Crippen molar-refractivity contribution in [3.63, 3.8) is 0 Å². The fourth-order valence-electron chi connectivity index (χ4n) is 10.4. The Labute approximate surface area is 375 Å². The van der Waals surface area contributed by atoms with Crippen LogP contribution in [0.1, 0.15) is 223 Å². The summed E-state index contributed by atoms with van der Waals surface area (Å²) in [5.41, 5.74) is 10.7. The van der Waals surface area contributed by atoms with Crippen LogP contribution < -0.4 is 0 Å². The van der Waals surface area contributed by atoms with Crippen LogP contribution in [-0.4, -0.2) is 0 Å². The SMILES string of the molecule is CCCCCC[C@H]1CC[C@H](c2ccc(C(SC(c3ccc(CCC)cc3)c3ccc([C@H]4CC[C@H](CCCCCC)CC4)cc3Cl)c3ccc(CCC)cc3)c(Cl)c2)CC1. The first-order valence-corrected chi connectivity index (χ1v) is 26.0. The molecule has 2 atom stereocenters. The molecule has 0 saturated heterocycles. The second kappa shape index (κ2) is 24.4. The molecule has 4 aromatic rings. The van der Waals surface area contributed by atoms with Crippen molar-refractivity contribution in [1.82, 2.24) is 0 Å². The van der Waals surface area contributed by atoms with E-state index < -0.39 is 0 Å². The van der Waals surface area contributed by atoms with Crippen LogP contribution in [0.2, 0.25) is 10.0 Å². The van der Waals surface area contributed by atoms with Gasteiger partial charge in [0.05, 0.1) is 10.5 Å². The van der Waals surface area contributed by atoms with Crippen LogP contribution in [0.25, 0.3) is 0 Å². The van der Waals surface area contributed by atoms with Crippen molar-refractivity contribution in [3.8, 4) is 0 Å². The number of benzene rings is 4. The molecule has 0 aliphatic heterocycles. The topological polar surface area (TPSA) is 0 Å². The molecule has 2 fully saturated rings. The van der Waals surface area contributed by atoms with E-state index in [0.29, 0.717) is 11.8 Å². The van der Waals surface area contributed by atoms with Gasteiger partial charge in [-0.1, -0.05) is 201 Å². The molecule has 0 spiro atoms. The summed E-state index contributed by atoms with van der Waals surface area (Å²) < 4.78 is 0. The Morgan fingerprint density at radius 2 is 0.847 bits per heavy atom. The Bertz CT molecular complexity index is 1660. The lowest BCUT2D eigenvalue weighted by atomic mass is 9.77. The Balaban J connectivity index is 1.27. The molecular formula is C56H76Cl2S. The fourth-order valence-corrected chi connectivity index (χ4v) is 12.7. The monoisotopic (exact) mass is 851 g/mol. The number of hydrogen-bond acceptors (Lipinski definition) is 1. The highest BCUT2D eigenvalue weighted by Gasteiger charge is 2.29. The van der Waals surface area contributed by atoms with Crippen molar-refractivity contribution in [3.05, 3.63) is 139 Å². The second-order valence-corrected chi connectivity index (χ2v) is 20.6. The Morgan fingerprint density at radius 3 is 1.19 bits per heavy atom. The molecule has 6 rings (SSSR count). The van der Waals surface area contributed by atoms with E-state index in [1.54, 1.807) is 0 Å². The Hall–Kier alpha value is -2.19. The Kier molecular flexibility index (Phi) is 19.2. The van der Waals surface area contributed by atoms with Crippen molar-refractivity contribution in [2.24, 2.45) is 11.8 Å². The van der Waals surface area contributed by atoms with E-state index in [4.69, 9.17) is 23.2 Å². The molecular weight excluding hydrogens is 776 g/mol. The average molecular weight is 852 g/mol. The predicted octanol–water partition coefficient (Wildman–Crippen LogP) is 19.0. The van der Waals surface area contributed by atoms with Crippen LogP contribution in [0.3, 0.4) is 0 Å². The van der Waals surface area contributed by atoms with Crippen LogP contribution in [0.4, 0.5) is 0 Å². The minimum Gasteiger partial charge on any atom is -0.136 e. The van der Waals surface area contributed by atoms with Gasteiger partial charge in [0.25, 0.3) is 0 Å². The average Bonchev–Trinajstić information content (AvgIpc) is 3.26. The minimum atomic E-state index is 0.0507. The lowest BCUT2D eigenvalue weighted by Crippen LogP contribution is -2.14. The van der Waals surface area contributed by atoms with Crippen LogP contribution >= 0.6 is 35.0 Å². The van der Waals surface area contributed by atoms with Gasteiger partial charge in [-0.05, 0) is 145 Å². The van der Waals surface area contributed by atoms with Gasteiger partial charge >= 0.3 is 0 Å². The van der Waals surface area contributed by atoms with Gasteiger partial charge in [-0.2, -0.15) is 0 Å². The van der Waals surface area contributed by atoms with Crippen molar-refractivity contribution in [2.75, 3.05) is 0 Å². The maximum atomic E-state index is 7.48. The Morgan fingerprint density at radius 1 is 0.458 bits per heavy atom. The number of thioether (sulfide) groups is 1. The van der Waals surface area contributed by atoms with Crippen molar-refractivity contribution < 1.29 is 0 Å². The quantitative estimate of drug-likeness (QED) is 0.0710. The van der Waals surface area contributed by atoms with E-state index in [-0.39, 0.29) is 10.5 Å². The molecule has 0 aromatic heterocycles. The van der Waals surface area contributed by atoms with E-state index in [1.807, 2.05) is 11.8 Å². The highest BCUT2D eigenvalue weighted by Crippen LogP contribution is 2.52. The number of aryl methyl sites for hydroxylation is 2. The molecule has 0 heterocycles. The predicted molar refractivity (Wildman–Crippen MR) is 262 cm³/mol. The second-order valence-electron chi connectivity index (χ2n) is 18.6. The van der Waals surface area contributed by atoms with Gasteiger partial charge in [-0.25, -0.2) is 0 Å². The summed E-state index contributed by atoms with van der Waals surface area (Å²) in [6.45, 7) is 9.15. The highest BCUT2D eigenvalue weighted by molar-refractivity contribution is 8.00. The highest BCUT2D eigenvalue weighted by atomic mass is 35.5. The van der Waals surface area contributed by atoms with Gasteiger partial charge in [0.2, 0.25) is 0 Å². The minimum absolute atomic E-state index is 0.0507. The first-order chi connectivity index (χ1) is 28.9. The zero-order chi connectivity index (χ0) is 41.4. The molecule has 0 nitrogen and oxygen atoms in total. The van der Waals surface area contributed by atoms with Gasteiger partial charge in [0, 0.05) is 10.0 Å². The maximum absolute atomic E-state index is 7.48. The first-order valence-electron chi connectivity index (χ1n) is 24.3. The van der Waals surface area contributed by atoms with Gasteiger partial charge in [0.1, 0.15) is 0 Å². The summed E-state index contributed by atoms with van der Waals surface area (Å²) in [5.74, 6) is 3.03. The molecule has 59 heavy (non-hydrogen) atoms. The van der Waals surface area contributed by atoms with Crippen molar-refractivity contribution in [2.45, 2.75) is 191 Å². The van der Waals surface area contributed by atoms with Gasteiger partial charge in [-0.15, -0.1) is 11.8 Å². The van der Waals surface area contributed by atoms with Crippen molar-refractivity contribution >= 4 is 35.0 Å². The molecule has 0 radical (unpaired) electrons. The molecule has 2 aliphatic carbocycles. The largest absolute Gasteiger partial charge is 0.136 e. The molecule has 0 N–H and O–H groups in total. The molecule has 320 valence electrons. The number of hydrogen-bond donors (Lipinski definition) is 0. The molecule has 3 heteroatoms. The molecule has 2 aliphatic rings.